The number of benzene rings is 1. The molecule has 1 N–H and O–H groups in total. The summed E-state index contributed by atoms with van der Waals surface area (Å²) in [7, 11) is 0. The second kappa shape index (κ2) is 11.4. The van der Waals surface area contributed by atoms with E-state index in [1.54, 1.807) is 0 Å². The van der Waals surface area contributed by atoms with Crippen LogP contribution in [-0.4, -0.2) is 44.3 Å². The highest BCUT2D eigenvalue weighted by molar-refractivity contribution is 5.25. The Bertz CT molecular complexity index is 357. The smallest absolute Gasteiger partial charge is 0.0594 e. The molecular formula is C15H24Cl2N2O-2. The molecule has 1 heterocycles. The molecule has 1 aliphatic heterocycles. The van der Waals surface area contributed by atoms with Crippen molar-refractivity contribution in [3.05, 3.63) is 35.4 Å². The molecule has 1 aliphatic rings. The molecule has 5 heteroatoms. The predicted octanol–water partition coefficient (Wildman–Crippen LogP) is -4.19. The first-order valence-corrected chi connectivity index (χ1v) is 6.91. The van der Waals surface area contributed by atoms with Crippen LogP contribution in [0.5, 0.6) is 0 Å². The second-order valence-corrected chi connectivity index (χ2v) is 4.91. The lowest BCUT2D eigenvalue weighted by Gasteiger charge is -2.26. The summed E-state index contributed by atoms with van der Waals surface area (Å²) in [4.78, 5) is 2.49. The molecule has 1 aromatic carbocycles. The summed E-state index contributed by atoms with van der Waals surface area (Å²) in [5.41, 5.74) is 2.78. The van der Waals surface area contributed by atoms with Crippen molar-refractivity contribution in [3.8, 4) is 0 Å². The molecule has 1 saturated heterocycles. The number of halogens is 2. The summed E-state index contributed by atoms with van der Waals surface area (Å²) < 4.78 is 5.34. The van der Waals surface area contributed by atoms with Crippen LogP contribution in [-0.2, 0) is 11.3 Å². The van der Waals surface area contributed by atoms with Gasteiger partial charge < -0.3 is 34.9 Å². The number of hydrogen-bond donors (Lipinski definition) is 1. The van der Waals surface area contributed by atoms with E-state index in [2.05, 4.69) is 41.4 Å². The van der Waals surface area contributed by atoms with E-state index in [0.717, 1.165) is 39.4 Å². The molecular weight excluding hydrogens is 295 g/mol. The van der Waals surface area contributed by atoms with E-state index in [4.69, 9.17) is 4.74 Å². The average Bonchev–Trinajstić information content (AvgIpc) is 2.42. The summed E-state index contributed by atoms with van der Waals surface area (Å²) in [5, 5.41) is 3.52. The molecule has 0 bridgehead atoms. The van der Waals surface area contributed by atoms with Gasteiger partial charge in [0.15, 0.2) is 0 Å². The van der Waals surface area contributed by atoms with Gasteiger partial charge in [0.25, 0.3) is 0 Å². The fraction of sp³-hybridized carbons (Fsp3) is 0.600. The number of hydrogen-bond acceptors (Lipinski definition) is 3. The zero-order valence-corrected chi connectivity index (χ0v) is 13.6. The molecule has 0 amide bonds. The molecule has 1 aromatic rings. The first kappa shape index (κ1) is 19.7. The number of morpholine rings is 1. The molecule has 116 valence electrons. The molecule has 0 radical (unpaired) electrons. The van der Waals surface area contributed by atoms with Crippen molar-refractivity contribution in [3.63, 3.8) is 0 Å². The lowest BCUT2D eigenvalue weighted by Crippen LogP contribution is -3.00. The highest BCUT2D eigenvalue weighted by Gasteiger charge is 2.08. The van der Waals surface area contributed by atoms with Crippen molar-refractivity contribution in [1.82, 2.24) is 10.2 Å². The van der Waals surface area contributed by atoms with Crippen LogP contribution in [0.4, 0.5) is 0 Å². The van der Waals surface area contributed by atoms with E-state index in [1.807, 2.05) is 0 Å². The van der Waals surface area contributed by atoms with Gasteiger partial charge in [-0.15, -0.1) is 0 Å². The van der Waals surface area contributed by atoms with Gasteiger partial charge in [0.05, 0.1) is 13.2 Å². The van der Waals surface area contributed by atoms with Gasteiger partial charge in [0, 0.05) is 19.6 Å². The zero-order valence-electron chi connectivity index (χ0n) is 12.1. The molecule has 1 fully saturated rings. The Balaban J connectivity index is 0.00000180. The van der Waals surface area contributed by atoms with E-state index >= 15 is 0 Å². The van der Waals surface area contributed by atoms with Gasteiger partial charge in [-0.2, -0.15) is 0 Å². The molecule has 2 rings (SSSR count). The second-order valence-electron chi connectivity index (χ2n) is 4.91. The van der Waals surface area contributed by atoms with Crippen molar-refractivity contribution in [2.45, 2.75) is 19.9 Å². The maximum atomic E-state index is 5.34. The van der Waals surface area contributed by atoms with Gasteiger partial charge in [-0.1, -0.05) is 24.3 Å². The van der Waals surface area contributed by atoms with Crippen LogP contribution in [0.15, 0.2) is 24.3 Å². The number of aryl methyl sites for hydroxylation is 1. The summed E-state index contributed by atoms with van der Waals surface area (Å²) in [6.45, 7) is 9.42. The summed E-state index contributed by atoms with van der Waals surface area (Å²) in [6.07, 6.45) is 1.21. The van der Waals surface area contributed by atoms with Gasteiger partial charge in [-0.3, -0.25) is 4.90 Å². The standard InChI is InChI=1S/C15H24N2O.2ClH/c1-14-5-2-3-6-15(14)13-16-7-4-8-17-9-11-18-12-10-17;;/h2-3,5-6,16H,4,7-13H2,1H3;2*1H/p-2. The SMILES string of the molecule is Cc1ccccc1CNCCCN1CCOCC1.[Cl-].[Cl-]. The van der Waals surface area contributed by atoms with Gasteiger partial charge in [0.2, 0.25) is 0 Å². The first-order valence-electron chi connectivity index (χ1n) is 6.91. The minimum Gasteiger partial charge on any atom is -1.00 e. The minimum atomic E-state index is 0. The van der Waals surface area contributed by atoms with E-state index in [-0.39, 0.29) is 24.8 Å². The average molecular weight is 319 g/mol. The molecule has 3 nitrogen and oxygen atoms in total. The molecule has 0 spiro atoms. The van der Waals surface area contributed by atoms with Crippen molar-refractivity contribution >= 4 is 0 Å². The number of rotatable bonds is 6. The Kier molecular flexibility index (Phi) is 11.2. The van der Waals surface area contributed by atoms with Crippen LogP contribution in [0.25, 0.3) is 0 Å². The normalized spacial score (nSPS) is 15.2. The Morgan fingerprint density at radius 2 is 1.85 bits per heavy atom. The van der Waals surface area contributed by atoms with Crippen molar-refractivity contribution in [1.29, 1.82) is 0 Å². The maximum absolute atomic E-state index is 5.34. The van der Waals surface area contributed by atoms with Crippen LogP contribution >= 0.6 is 0 Å². The number of nitrogens with one attached hydrogen (secondary N) is 1. The predicted molar refractivity (Wildman–Crippen MR) is 74.8 cm³/mol. The first-order chi connectivity index (χ1) is 8.86. The summed E-state index contributed by atoms with van der Waals surface area (Å²) in [5.74, 6) is 0. The third kappa shape index (κ3) is 6.91. The summed E-state index contributed by atoms with van der Waals surface area (Å²) in [6, 6.07) is 8.57. The van der Waals surface area contributed by atoms with Gasteiger partial charge in [0.1, 0.15) is 0 Å². The number of ether oxygens (including phenoxy) is 1. The highest BCUT2D eigenvalue weighted by Crippen LogP contribution is 2.06. The van der Waals surface area contributed by atoms with E-state index in [9.17, 15) is 0 Å². The van der Waals surface area contributed by atoms with Crippen molar-refractivity contribution in [2.75, 3.05) is 39.4 Å². The van der Waals surface area contributed by atoms with Crippen molar-refractivity contribution in [2.24, 2.45) is 0 Å². The van der Waals surface area contributed by atoms with Crippen LogP contribution in [0.3, 0.4) is 0 Å². The largest absolute Gasteiger partial charge is 1.00 e. The minimum absolute atomic E-state index is 0. The van der Waals surface area contributed by atoms with E-state index in [1.165, 1.54) is 24.1 Å². The molecule has 0 aromatic heterocycles. The lowest BCUT2D eigenvalue weighted by atomic mass is 10.1. The van der Waals surface area contributed by atoms with Crippen molar-refractivity contribution < 1.29 is 29.6 Å². The molecule has 0 atom stereocenters. The Morgan fingerprint density at radius 3 is 2.55 bits per heavy atom. The Hall–Kier alpha value is -0.320. The maximum Gasteiger partial charge on any atom is 0.0594 e. The van der Waals surface area contributed by atoms with Gasteiger partial charge in [-0.05, 0) is 37.6 Å². The molecule has 20 heavy (non-hydrogen) atoms. The van der Waals surface area contributed by atoms with E-state index < -0.39 is 0 Å². The zero-order chi connectivity index (χ0) is 12.6. The number of nitrogens with zero attached hydrogens (tertiary/aromatic N) is 1. The van der Waals surface area contributed by atoms with Crippen LogP contribution in [0.1, 0.15) is 17.5 Å². The Labute approximate surface area is 134 Å². The van der Waals surface area contributed by atoms with E-state index in [0.29, 0.717) is 0 Å². The lowest BCUT2D eigenvalue weighted by molar-refractivity contribution is -0.001000. The highest BCUT2D eigenvalue weighted by atomic mass is 35.5. The van der Waals surface area contributed by atoms with Crippen LogP contribution < -0.4 is 30.1 Å². The van der Waals surface area contributed by atoms with Crippen LogP contribution in [0, 0.1) is 6.92 Å². The monoisotopic (exact) mass is 318 g/mol. The van der Waals surface area contributed by atoms with Crippen LogP contribution in [0.2, 0.25) is 0 Å². The third-order valence-electron chi connectivity index (χ3n) is 3.51. The quantitative estimate of drug-likeness (QED) is 0.539. The fourth-order valence-corrected chi connectivity index (χ4v) is 2.28. The summed E-state index contributed by atoms with van der Waals surface area (Å²) >= 11 is 0. The third-order valence-corrected chi connectivity index (χ3v) is 3.51. The fourth-order valence-electron chi connectivity index (χ4n) is 2.28. The molecule has 0 aliphatic carbocycles. The Morgan fingerprint density at radius 1 is 1.15 bits per heavy atom. The topological polar surface area (TPSA) is 24.5 Å². The van der Waals surface area contributed by atoms with Gasteiger partial charge in [-0.25, -0.2) is 0 Å². The molecule has 0 saturated carbocycles. The molecule has 0 unspecified atom stereocenters. The van der Waals surface area contributed by atoms with Gasteiger partial charge >= 0.3 is 0 Å².